The van der Waals surface area contributed by atoms with Crippen LogP contribution in [0.4, 0.5) is 5.69 Å². The second kappa shape index (κ2) is 9.47. The quantitative estimate of drug-likeness (QED) is 0.287. The minimum absolute atomic E-state index is 0.446. The maximum atomic E-state index is 12.0. The monoisotopic (exact) mass is 506 g/mol. The van der Waals surface area contributed by atoms with Crippen molar-refractivity contribution in [3.63, 3.8) is 0 Å². The largest absolute Gasteiger partial charge is 0.329 e. The molecule has 6 nitrogen and oxygen atoms in total. The van der Waals surface area contributed by atoms with E-state index in [1.807, 2.05) is 36.6 Å². The summed E-state index contributed by atoms with van der Waals surface area (Å²) in [5.41, 5.74) is 6.00. The first-order valence-electron chi connectivity index (χ1n) is 8.82. The maximum Gasteiger partial charge on any atom is 0.329 e. The van der Waals surface area contributed by atoms with Crippen LogP contribution in [0, 0.1) is 13.8 Å². The number of hydrogen-bond acceptors (Lipinski definition) is 3. The van der Waals surface area contributed by atoms with E-state index < -0.39 is 11.8 Å². The highest BCUT2D eigenvalue weighted by Gasteiger charge is 2.15. The zero-order valence-electron chi connectivity index (χ0n) is 16.0. The predicted octanol–water partition coefficient (Wildman–Crippen LogP) is 5.25. The Morgan fingerprint density at radius 2 is 1.80 bits per heavy atom. The topological polar surface area (TPSA) is 75.5 Å². The number of benzene rings is 2. The number of carbonyl (C=O) groups excluding carboxylic acids is 2. The predicted molar refractivity (Wildman–Crippen MR) is 124 cm³/mol. The average molecular weight is 508 g/mol. The van der Waals surface area contributed by atoms with Crippen LogP contribution in [0.2, 0.25) is 10.0 Å². The molecular formula is C21H17BrCl2N4O2. The molecule has 0 fully saturated rings. The summed E-state index contributed by atoms with van der Waals surface area (Å²) in [7, 11) is 0. The molecule has 30 heavy (non-hydrogen) atoms. The fourth-order valence-corrected chi connectivity index (χ4v) is 3.67. The van der Waals surface area contributed by atoms with Gasteiger partial charge in [0.1, 0.15) is 0 Å². The zero-order valence-corrected chi connectivity index (χ0v) is 19.1. The minimum Gasteiger partial charge on any atom is -0.317 e. The molecule has 2 amide bonds. The van der Waals surface area contributed by atoms with Gasteiger partial charge in [-0.25, -0.2) is 5.43 Å². The smallest absolute Gasteiger partial charge is 0.317 e. The van der Waals surface area contributed by atoms with Crippen molar-refractivity contribution in [3.05, 3.63) is 80.0 Å². The van der Waals surface area contributed by atoms with Gasteiger partial charge in [0.05, 0.1) is 27.6 Å². The van der Waals surface area contributed by atoms with Crippen LogP contribution in [0.25, 0.3) is 5.69 Å². The van der Waals surface area contributed by atoms with Crippen LogP contribution in [0.1, 0.15) is 17.0 Å². The molecule has 0 aliphatic carbocycles. The summed E-state index contributed by atoms with van der Waals surface area (Å²) in [5, 5.41) is 7.32. The average Bonchev–Trinajstić information content (AvgIpc) is 2.99. The lowest BCUT2D eigenvalue weighted by molar-refractivity contribution is -0.136. The number of aromatic nitrogens is 1. The summed E-state index contributed by atoms with van der Waals surface area (Å²) in [6, 6.07) is 14.3. The Morgan fingerprint density at radius 1 is 1.07 bits per heavy atom. The number of carbonyl (C=O) groups is 2. The molecule has 3 aromatic rings. The molecular weight excluding hydrogens is 491 g/mol. The van der Waals surface area contributed by atoms with Crippen LogP contribution in [0.15, 0.2) is 58.1 Å². The lowest BCUT2D eigenvalue weighted by Crippen LogP contribution is -2.32. The van der Waals surface area contributed by atoms with E-state index in [4.69, 9.17) is 23.2 Å². The summed E-state index contributed by atoms with van der Waals surface area (Å²) in [6.07, 6.45) is 1.47. The van der Waals surface area contributed by atoms with Crippen molar-refractivity contribution in [2.45, 2.75) is 13.8 Å². The Labute approximate surface area is 192 Å². The molecule has 0 atom stereocenters. The molecule has 2 N–H and O–H groups in total. The van der Waals surface area contributed by atoms with Gasteiger partial charge < -0.3 is 9.88 Å². The van der Waals surface area contributed by atoms with Gasteiger partial charge in [0.15, 0.2) is 0 Å². The van der Waals surface area contributed by atoms with Gasteiger partial charge in [-0.1, -0.05) is 41.4 Å². The summed E-state index contributed by atoms with van der Waals surface area (Å²) < 4.78 is 2.61. The molecule has 0 bridgehead atoms. The highest BCUT2D eigenvalue weighted by molar-refractivity contribution is 9.10. The molecule has 0 unspecified atom stereocenters. The first-order valence-corrected chi connectivity index (χ1v) is 10.4. The zero-order chi connectivity index (χ0) is 21.8. The van der Waals surface area contributed by atoms with E-state index in [0.717, 1.165) is 22.6 Å². The summed E-state index contributed by atoms with van der Waals surface area (Å²) in [5.74, 6) is -1.70. The molecule has 0 spiro atoms. The standard InChI is InChI=1S/C21H17BrCl2N4O2/c1-12-10-14(13(2)28(12)18-9-5-7-16(23)19(18)24)11-25-27-21(30)20(29)26-17-8-4-3-6-15(17)22/h3-11H,1-2H3,(H,26,29)(H,27,30)/b25-11-. The van der Waals surface area contributed by atoms with Crippen molar-refractivity contribution in [1.29, 1.82) is 0 Å². The van der Waals surface area contributed by atoms with Crippen LogP contribution >= 0.6 is 39.1 Å². The first kappa shape index (κ1) is 22.1. The fraction of sp³-hybridized carbons (Fsp3) is 0.0952. The van der Waals surface area contributed by atoms with E-state index in [9.17, 15) is 9.59 Å². The Bertz CT molecular complexity index is 1160. The van der Waals surface area contributed by atoms with E-state index in [0.29, 0.717) is 20.2 Å². The number of nitrogens with zero attached hydrogens (tertiary/aromatic N) is 2. The lowest BCUT2D eigenvalue weighted by Gasteiger charge is -2.12. The third-order valence-electron chi connectivity index (χ3n) is 4.34. The van der Waals surface area contributed by atoms with E-state index >= 15 is 0 Å². The molecule has 0 radical (unpaired) electrons. The van der Waals surface area contributed by atoms with E-state index in [2.05, 4.69) is 31.8 Å². The third-order valence-corrected chi connectivity index (χ3v) is 5.84. The van der Waals surface area contributed by atoms with Gasteiger partial charge in [0.2, 0.25) is 0 Å². The minimum atomic E-state index is -0.881. The van der Waals surface area contributed by atoms with Gasteiger partial charge in [0, 0.05) is 21.4 Å². The van der Waals surface area contributed by atoms with Gasteiger partial charge in [-0.2, -0.15) is 5.10 Å². The Kier molecular flexibility index (Phi) is 6.97. The summed E-state index contributed by atoms with van der Waals surface area (Å²) in [4.78, 5) is 24.1. The number of para-hydroxylation sites is 1. The van der Waals surface area contributed by atoms with Crippen molar-refractivity contribution < 1.29 is 9.59 Å². The van der Waals surface area contributed by atoms with Crippen molar-refractivity contribution in [3.8, 4) is 5.69 Å². The molecule has 0 aliphatic heterocycles. The Hall–Kier alpha value is -2.61. The summed E-state index contributed by atoms with van der Waals surface area (Å²) >= 11 is 15.8. The number of halogens is 3. The van der Waals surface area contributed by atoms with E-state index in [1.165, 1.54) is 6.21 Å². The molecule has 0 aliphatic rings. The van der Waals surface area contributed by atoms with Gasteiger partial charge in [-0.15, -0.1) is 0 Å². The maximum absolute atomic E-state index is 12.0. The molecule has 3 rings (SSSR count). The van der Waals surface area contributed by atoms with Crippen LogP contribution in [-0.4, -0.2) is 22.6 Å². The SMILES string of the molecule is Cc1cc(/C=N\NC(=O)C(=O)Nc2ccccc2Br)c(C)n1-c1cccc(Cl)c1Cl. The van der Waals surface area contributed by atoms with E-state index in [-0.39, 0.29) is 0 Å². The number of anilines is 1. The molecule has 2 aromatic carbocycles. The molecule has 1 heterocycles. The highest BCUT2D eigenvalue weighted by atomic mass is 79.9. The molecule has 1 aromatic heterocycles. The van der Waals surface area contributed by atoms with E-state index in [1.54, 1.807) is 30.3 Å². The van der Waals surface area contributed by atoms with Crippen molar-refractivity contribution in [2.75, 3.05) is 5.32 Å². The number of hydrazone groups is 1. The first-order chi connectivity index (χ1) is 14.3. The van der Waals surface area contributed by atoms with Crippen molar-refractivity contribution in [1.82, 2.24) is 9.99 Å². The number of rotatable bonds is 4. The van der Waals surface area contributed by atoms with Crippen LogP contribution < -0.4 is 10.7 Å². The fourth-order valence-electron chi connectivity index (χ4n) is 2.91. The third kappa shape index (κ3) is 4.75. The van der Waals surface area contributed by atoms with Crippen LogP contribution in [-0.2, 0) is 9.59 Å². The van der Waals surface area contributed by atoms with Crippen molar-refractivity contribution in [2.24, 2.45) is 5.10 Å². The van der Waals surface area contributed by atoms with Gasteiger partial charge in [-0.05, 0) is 60.1 Å². The normalized spacial score (nSPS) is 11.0. The lowest BCUT2D eigenvalue weighted by atomic mass is 10.2. The van der Waals surface area contributed by atoms with Gasteiger partial charge in [-0.3, -0.25) is 9.59 Å². The second-order valence-electron chi connectivity index (χ2n) is 6.37. The Morgan fingerprint density at radius 3 is 2.53 bits per heavy atom. The molecule has 154 valence electrons. The Balaban J connectivity index is 1.72. The van der Waals surface area contributed by atoms with Gasteiger partial charge >= 0.3 is 11.8 Å². The molecule has 0 saturated heterocycles. The number of nitrogens with one attached hydrogen (secondary N) is 2. The van der Waals surface area contributed by atoms with Crippen LogP contribution in [0.3, 0.4) is 0 Å². The molecule has 9 heteroatoms. The van der Waals surface area contributed by atoms with Crippen molar-refractivity contribution >= 4 is 62.8 Å². The highest BCUT2D eigenvalue weighted by Crippen LogP contribution is 2.31. The summed E-state index contributed by atoms with van der Waals surface area (Å²) in [6.45, 7) is 3.82. The second-order valence-corrected chi connectivity index (χ2v) is 8.01. The number of aryl methyl sites for hydroxylation is 1. The van der Waals surface area contributed by atoms with Gasteiger partial charge in [0.25, 0.3) is 0 Å². The molecule has 0 saturated carbocycles. The number of amides is 2. The number of hydrogen-bond donors (Lipinski definition) is 2. The van der Waals surface area contributed by atoms with Crippen LogP contribution in [0.5, 0.6) is 0 Å².